The average Bonchev–Trinajstić information content (AvgIpc) is 2.88. The second-order valence-corrected chi connectivity index (χ2v) is 4.55. The van der Waals surface area contributed by atoms with E-state index in [2.05, 4.69) is 15.0 Å². The predicted octanol–water partition coefficient (Wildman–Crippen LogP) is 1.87. The summed E-state index contributed by atoms with van der Waals surface area (Å²) in [5, 5.41) is 4.42. The molecule has 1 heterocycles. The largest absolute Gasteiger partial charge is 0.497 e. The Balaban J connectivity index is 1.88. The van der Waals surface area contributed by atoms with Crippen LogP contribution in [0.1, 0.15) is 12.0 Å². The van der Waals surface area contributed by atoms with Crippen LogP contribution >= 0.6 is 0 Å². The highest BCUT2D eigenvalue weighted by molar-refractivity contribution is 5.84. The summed E-state index contributed by atoms with van der Waals surface area (Å²) in [6.45, 7) is 1.46. The number of carbonyl (C=O) groups is 1. The minimum atomic E-state index is -0.186. The third-order valence-electron chi connectivity index (χ3n) is 3.28. The number of benzene rings is 1. The van der Waals surface area contributed by atoms with Crippen LogP contribution in [0.15, 0.2) is 24.4 Å². The third kappa shape index (κ3) is 3.51. The van der Waals surface area contributed by atoms with E-state index in [0.29, 0.717) is 13.0 Å². The standard InChI is InChI=1S/C15H20N2O3/c1-19-12-3-4-14-13(9-12)11(10-17-14)5-7-16-8-6-15(18)20-2/h3-4,9-10,16-17H,5-8H2,1-2H3. The highest BCUT2D eigenvalue weighted by Crippen LogP contribution is 2.23. The number of carbonyl (C=O) groups excluding carboxylic acids is 1. The fraction of sp³-hybridized carbons (Fsp3) is 0.400. The van der Waals surface area contributed by atoms with Crippen LogP contribution in [0.3, 0.4) is 0 Å². The summed E-state index contributed by atoms with van der Waals surface area (Å²) in [5.74, 6) is 0.673. The van der Waals surface area contributed by atoms with Crippen molar-refractivity contribution in [1.82, 2.24) is 10.3 Å². The molecule has 0 unspecified atom stereocenters. The number of ether oxygens (including phenoxy) is 2. The van der Waals surface area contributed by atoms with Crippen LogP contribution in [0.25, 0.3) is 10.9 Å². The fourth-order valence-electron chi connectivity index (χ4n) is 2.13. The van der Waals surface area contributed by atoms with Gasteiger partial charge in [-0.3, -0.25) is 4.79 Å². The van der Waals surface area contributed by atoms with Crippen molar-refractivity contribution in [2.24, 2.45) is 0 Å². The van der Waals surface area contributed by atoms with Crippen molar-refractivity contribution in [2.45, 2.75) is 12.8 Å². The molecular formula is C15H20N2O3. The highest BCUT2D eigenvalue weighted by Gasteiger charge is 2.05. The zero-order valence-corrected chi connectivity index (χ0v) is 11.9. The van der Waals surface area contributed by atoms with Gasteiger partial charge in [-0.05, 0) is 36.7 Å². The minimum Gasteiger partial charge on any atom is -0.497 e. The molecule has 0 atom stereocenters. The normalized spacial score (nSPS) is 10.7. The monoisotopic (exact) mass is 276 g/mol. The van der Waals surface area contributed by atoms with E-state index in [-0.39, 0.29) is 5.97 Å². The van der Waals surface area contributed by atoms with E-state index in [1.165, 1.54) is 18.1 Å². The molecule has 0 amide bonds. The number of nitrogens with one attached hydrogen (secondary N) is 2. The number of methoxy groups -OCH3 is 2. The van der Waals surface area contributed by atoms with Gasteiger partial charge in [-0.15, -0.1) is 0 Å². The fourth-order valence-corrected chi connectivity index (χ4v) is 2.13. The van der Waals surface area contributed by atoms with Crippen LogP contribution in [0.4, 0.5) is 0 Å². The molecule has 0 bridgehead atoms. The molecular weight excluding hydrogens is 256 g/mol. The maximum absolute atomic E-state index is 11.0. The first kappa shape index (κ1) is 14.4. The number of H-pyrrole nitrogens is 1. The predicted molar refractivity (Wildman–Crippen MR) is 78.1 cm³/mol. The van der Waals surface area contributed by atoms with Crippen LogP contribution in [0.2, 0.25) is 0 Å². The molecule has 2 rings (SSSR count). The SMILES string of the molecule is COC(=O)CCNCCc1c[nH]c2ccc(OC)cc12. The number of fused-ring (bicyclic) bond motifs is 1. The number of hydrogen-bond acceptors (Lipinski definition) is 4. The smallest absolute Gasteiger partial charge is 0.306 e. The van der Waals surface area contributed by atoms with Crippen molar-refractivity contribution >= 4 is 16.9 Å². The van der Waals surface area contributed by atoms with E-state index in [0.717, 1.165) is 24.2 Å². The quantitative estimate of drug-likeness (QED) is 0.598. The van der Waals surface area contributed by atoms with Gasteiger partial charge in [0.05, 0.1) is 20.6 Å². The van der Waals surface area contributed by atoms with Crippen LogP contribution in [0.5, 0.6) is 5.75 Å². The van der Waals surface area contributed by atoms with Crippen molar-refractivity contribution in [3.63, 3.8) is 0 Å². The lowest BCUT2D eigenvalue weighted by molar-refractivity contribution is -0.140. The highest BCUT2D eigenvalue weighted by atomic mass is 16.5. The Bertz CT molecular complexity index is 578. The zero-order valence-electron chi connectivity index (χ0n) is 11.9. The summed E-state index contributed by atoms with van der Waals surface area (Å²) in [4.78, 5) is 14.2. The van der Waals surface area contributed by atoms with Gasteiger partial charge in [0.15, 0.2) is 0 Å². The van der Waals surface area contributed by atoms with Crippen LogP contribution in [-0.4, -0.2) is 38.3 Å². The van der Waals surface area contributed by atoms with Gasteiger partial charge < -0.3 is 19.8 Å². The van der Waals surface area contributed by atoms with Gasteiger partial charge in [-0.25, -0.2) is 0 Å². The number of aromatic amines is 1. The van der Waals surface area contributed by atoms with E-state index >= 15 is 0 Å². The molecule has 5 heteroatoms. The Hall–Kier alpha value is -2.01. The zero-order chi connectivity index (χ0) is 14.4. The minimum absolute atomic E-state index is 0.186. The number of aromatic nitrogens is 1. The molecule has 0 saturated heterocycles. The van der Waals surface area contributed by atoms with Crippen molar-refractivity contribution in [3.05, 3.63) is 30.0 Å². The lowest BCUT2D eigenvalue weighted by atomic mass is 10.1. The summed E-state index contributed by atoms with van der Waals surface area (Å²) in [7, 11) is 3.07. The van der Waals surface area contributed by atoms with Gasteiger partial charge in [0.1, 0.15) is 5.75 Å². The average molecular weight is 276 g/mol. The second-order valence-electron chi connectivity index (χ2n) is 4.55. The first-order chi connectivity index (χ1) is 9.74. The third-order valence-corrected chi connectivity index (χ3v) is 3.28. The van der Waals surface area contributed by atoms with Gasteiger partial charge in [0, 0.05) is 23.6 Å². The molecule has 0 aliphatic heterocycles. The molecule has 2 N–H and O–H groups in total. The van der Waals surface area contributed by atoms with Crippen LogP contribution < -0.4 is 10.1 Å². The van der Waals surface area contributed by atoms with Crippen molar-refractivity contribution in [1.29, 1.82) is 0 Å². The molecule has 0 radical (unpaired) electrons. The van der Waals surface area contributed by atoms with Crippen molar-refractivity contribution < 1.29 is 14.3 Å². The summed E-state index contributed by atoms with van der Waals surface area (Å²) < 4.78 is 9.84. The molecule has 0 aliphatic carbocycles. The van der Waals surface area contributed by atoms with E-state index in [4.69, 9.17) is 4.74 Å². The molecule has 0 spiro atoms. The molecule has 2 aromatic rings. The van der Waals surface area contributed by atoms with Crippen molar-refractivity contribution in [2.75, 3.05) is 27.3 Å². The van der Waals surface area contributed by atoms with Crippen LogP contribution in [0, 0.1) is 0 Å². The number of hydrogen-bond donors (Lipinski definition) is 2. The summed E-state index contributed by atoms with van der Waals surface area (Å²) >= 11 is 0. The van der Waals surface area contributed by atoms with Gasteiger partial charge in [-0.2, -0.15) is 0 Å². The van der Waals surface area contributed by atoms with Gasteiger partial charge in [0.2, 0.25) is 0 Å². The summed E-state index contributed by atoms with van der Waals surface area (Å²) in [5.41, 5.74) is 2.35. The second kappa shape index (κ2) is 6.96. The molecule has 0 saturated carbocycles. The van der Waals surface area contributed by atoms with E-state index in [1.54, 1.807) is 7.11 Å². The number of esters is 1. The Morgan fingerprint density at radius 1 is 1.30 bits per heavy atom. The first-order valence-corrected chi connectivity index (χ1v) is 6.66. The topological polar surface area (TPSA) is 63.3 Å². The molecule has 5 nitrogen and oxygen atoms in total. The molecule has 20 heavy (non-hydrogen) atoms. The van der Waals surface area contributed by atoms with Gasteiger partial charge >= 0.3 is 5.97 Å². The molecule has 1 aromatic carbocycles. The molecule has 0 aliphatic rings. The van der Waals surface area contributed by atoms with Gasteiger partial charge in [-0.1, -0.05) is 0 Å². The van der Waals surface area contributed by atoms with E-state index in [1.807, 2.05) is 24.4 Å². The van der Waals surface area contributed by atoms with Crippen molar-refractivity contribution in [3.8, 4) is 5.75 Å². The van der Waals surface area contributed by atoms with E-state index in [9.17, 15) is 4.79 Å². The Morgan fingerprint density at radius 3 is 2.90 bits per heavy atom. The number of rotatable bonds is 7. The Morgan fingerprint density at radius 2 is 2.15 bits per heavy atom. The summed E-state index contributed by atoms with van der Waals surface area (Å²) in [6, 6.07) is 6.00. The van der Waals surface area contributed by atoms with E-state index < -0.39 is 0 Å². The Labute approximate surface area is 118 Å². The Kier molecular flexibility index (Phi) is 5.01. The molecule has 0 fully saturated rings. The molecule has 108 valence electrons. The molecule has 1 aromatic heterocycles. The lowest BCUT2D eigenvalue weighted by Gasteiger charge is -2.04. The lowest BCUT2D eigenvalue weighted by Crippen LogP contribution is -2.21. The maximum atomic E-state index is 11.0. The van der Waals surface area contributed by atoms with Crippen LogP contribution in [-0.2, 0) is 16.0 Å². The first-order valence-electron chi connectivity index (χ1n) is 6.66. The van der Waals surface area contributed by atoms with Gasteiger partial charge in [0.25, 0.3) is 0 Å². The maximum Gasteiger partial charge on any atom is 0.306 e. The summed E-state index contributed by atoms with van der Waals surface area (Å²) in [6.07, 6.45) is 3.32.